The molecule has 2 aromatic carbocycles. The van der Waals surface area contributed by atoms with Crippen molar-refractivity contribution >= 4 is 17.6 Å². The van der Waals surface area contributed by atoms with Crippen LogP contribution < -0.4 is 10.1 Å². The number of carbonyl (C=O) groups excluding carboxylic acids is 1. The molecule has 0 atom stereocenters. The molecule has 0 heterocycles. The van der Waals surface area contributed by atoms with E-state index in [4.69, 9.17) is 4.74 Å². The van der Waals surface area contributed by atoms with E-state index in [2.05, 4.69) is 26.1 Å². The van der Waals surface area contributed by atoms with Gasteiger partial charge in [-0.1, -0.05) is 39.0 Å². The zero-order valence-electron chi connectivity index (χ0n) is 14.2. The lowest BCUT2D eigenvalue weighted by Gasteiger charge is -2.19. The molecule has 0 aliphatic carbocycles. The van der Waals surface area contributed by atoms with Crippen LogP contribution in [0.4, 0.5) is 5.69 Å². The number of carboxylic acid groups (broad SMARTS) is 1. The van der Waals surface area contributed by atoms with Crippen molar-refractivity contribution in [3.05, 3.63) is 53.6 Å². The number of nitrogens with one attached hydrogen (secondary N) is 1. The van der Waals surface area contributed by atoms with E-state index in [1.807, 2.05) is 12.1 Å². The average Bonchev–Trinajstić information content (AvgIpc) is 2.47. The van der Waals surface area contributed by atoms with Gasteiger partial charge in [0.2, 0.25) is 5.91 Å². The summed E-state index contributed by atoms with van der Waals surface area (Å²) in [5, 5.41) is 12.0. The normalized spacial score (nSPS) is 11.0. The standard InChI is InChI=1S/C19H21NO4/c1-12(21)20-16-7-5-6-15(18(22)23)17(16)24-14-10-8-13(9-11-14)19(2,3)4/h5-11H,1-4H3,(H,20,21)(H,22,23). The van der Waals surface area contributed by atoms with Crippen molar-refractivity contribution in [3.8, 4) is 11.5 Å². The molecule has 5 nitrogen and oxygen atoms in total. The third kappa shape index (κ3) is 4.13. The van der Waals surface area contributed by atoms with Crippen LogP contribution in [0.15, 0.2) is 42.5 Å². The van der Waals surface area contributed by atoms with Gasteiger partial charge in [0.15, 0.2) is 5.75 Å². The molecule has 0 fully saturated rings. The van der Waals surface area contributed by atoms with Gasteiger partial charge in [-0.2, -0.15) is 0 Å². The van der Waals surface area contributed by atoms with Crippen LogP contribution in [-0.2, 0) is 10.2 Å². The molecular formula is C19H21NO4. The van der Waals surface area contributed by atoms with Gasteiger partial charge in [-0.15, -0.1) is 0 Å². The molecule has 0 saturated carbocycles. The number of ether oxygens (including phenoxy) is 1. The number of hydrogen-bond donors (Lipinski definition) is 2. The smallest absolute Gasteiger partial charge is 0.339 e. The quantitative estimate of drug-likeness (QED) is 0.871. The van der Waals surface area contributed by atoms with Gasteiger partial charge in [-0.3, -0.25) is 4.79 Å². The number of carboxylic acids is 1. The minimum absolute atomic E-state index is 0.0127. The van der Waals surface area contributed by atoms with Gasteiger partial charge in [-0.25, -0.2) is 4.79 Å². The van der Waals surface area contributed by atoms with E-state index < -0.39 is 5.97 Å². The highest BCUT2D eigenvalue weighted by atomic mass is 16.5. The van der Waals surface area contributed by atoms with E-state index in [9.17, 15) is 14.7 Å². The zero-order chi connectivity index (χ0) is 17.9. The largest absolute Gasteiger partial charge is 0.478 e. The molecule has 0 aliphatic heterocycles. The van der Waals surface area contributed by atoms with Crippen LogP contribution in [0.2, 0.25) is 0 Å². The van der Waals surface area contributed by atoms with E-state index in [1.54, 1.807) is 24.3 Å². The third-order valence-corrected chi connectivity index (χ3v) is 3.50. The molecule has 0 radical (unpaired) electrons. The molecule has 24 heavy (non-hydrogen) atoms. The number of amides is 1. The van der Waals surface area contributed by atoms with Gasteiger partial charge >= 0.3 is 5.97 Å². The Labute approximate surface area is 141 Å². The Kier molecular flexibility index (Phi) is 4.93. The first-order chi connectivity index (χ1) is 11.2. The zero-order valence-corrected chi connectivity index (χ0v) is 14.2. The molecule has 0 bridgehead atoms. The second-order valence-corrected chi connectivity index (χ2v) is 6.55. The summed E-state index contributed by atoms with van der Waals surface area (Å²) in [6.45, 7) is 7.68. The van der Waals surface area contributed by atoms with Gasteiger partial charge < -0.3 is 15.2 Å². The molecule has 0 aromatic heterocycles. The van der Waals surface area contributed by atoms with Gasteiger partial charge in [0.1, 0.15) is 11.3 Å². The number of benzene rings is 2. The van der Waals surface area contributed by atoms with Crippen LogP contribution in [0, 0.1) is 0 Å². The maximum atomic E-state index is 11.4. The summed E-state index contributed by atoms with van der Waals surface area (Å²) in [6.07, 6.45) is 0. The first-order valence-corrected chi connectivity index (χ1v) is 7.61. The molecule has 5 heteroatoms. The third-order valence-electron chi connectivity index (χ3n) is 3.50. The van der Waals surface area contributed by atoms with Crippen LogP contribution in [0.25, 0.3) is 0 Å². The monoisotopic (exact) mass is 327 g/mol. The number of aromatic carboxylic acids is 1. The fourth-order valence-electron chi connectivity index (χ4n) is 2.24. The summed E-state index contributed by atoms with van der Waals surface area (Å²) in [7, 11) is 0. The van der Waals surface area contributed by atoms with Crippen LogP contribution in [-0.4, -0.2) is 17.0 Å². The Morgan fingerprint density at radius 2 is 1.67 bits per heavy atom. The molecule has 0 unspecified atom stereocenters. The van der Waals surface area contributed by atoms with Crippen LogP contribution in [0.3, 0.4) is 0 Å². The second kappa shape index (κ2) is 6.74. The van der Waals surface area contributed by atoms with E-state index in [0.717, 1.165) is 5.56 Å². The summed E-state index contributed by atoms with van der Waals surface area (Å²) in [6, 6.07) is 12.1. The molecule has 126 valence electrons. The second-order valence-electron chi connectivity index (χ2n) is 6.55. The van der Waals surface area contributed by atoms with Crippen LogP contribution in [0.1, 0.15) is 43.6 Å². The number of para-hydroxylation sites is 1. The Balaban J connectivity index is 2.40. The number of anilines is 1. The Hall–Kier alpha value is -2.82. The maximum absolute atomic E-state index is 11.4. The Bertz CT molecular complexity index is 758. The van der Waals surface area contributed by atoms with Crippen molar-refractivity contribution in [2.45, 2.75) is 33.1 Å². The number of rotatable bonds is 4. The average molecular weight is 327 g/mol. The lowest BCUT2D eigenvalue weighted by Crippen LogP contribution is -2.11. The molecule has 2 rings (SSSR count). The van der Waals surface area contributed by atoms with Gasteiger partial charge in [0.25, 0.3) is 0 Å². The topological polar surface area (TPSA) is 75.6 Å². The summed E-state index contributed by atoms with van der Waals surface area (Å²) in [5.74, 6) is -0.805. The lowest BCUT2D eigenvalue weighted by molar-refractivity contribution is -0.114. The summed E-state index contributed by atoms with van der Waals surface area (Å²) < 4.78 is 5.77. The minimum atomic E-state index is -1.12. The van der Waals surface area contributed by atoms with Crippen molar-refractivity contribution in [2.75, 3.05) is 5.32 Å². The SMILES string of the molecule is CC(=O)Nc1cccc(C(=O)O)c1Oc1ccc(C(C)(C)C)cc1. The molecule has 1 amide bonds. The molecule has 0 aliphatic rings. The fraction of sp³-hybridized carbons (Fsp3) is 0.263. The molecule has 2 aromatic rings. The van der Waals surface area contributed by atoms with E-state index in [-0.39, 0.29) is 22.6 Å². The van der Waals surface area contributed by atoms with Crippen molar-refractivity contribution in [2.24, 2.45) is 0 Å². The first kappa shape index (κ1) is 17.5. The summed E-state index contributed by atoms with van der Waals surface area (Å²) >= 11 is 0. The van der Waals surface area contributed by atoms with Crippen LogP contribution >= 0.6 is 0 Å². The predicted molar refractivity (Wildman–Crippen MR) is 92.9 cm³/mol. The summed E-state index contributed by atoms with van der Waals surface area (Å²) in [4.78, 5) is 22.8. The highest BCUT2D eigenvalue weighted by molar-refractivity contribution is 5.97. The van der Waals surface area contributed by atoms with Gasteiger partial charge in [-0.05, 0) is 35.2 Å². The Morgan fingerprint density at radius 3 is 2.17 bits per heavy atom. The van der Waals surface area contributed by atoms with Crippen molar-refractivity contribution in [1.82, 2.24) is 0 Å². The predicted octanol–water partition coefficient (Wildman–Crippen LogP) is 4.43. The van der Waals surface area contributed by atoms with E-state index >= 15 is 0 Å². The van der Waals surface area contributed by atoms with E-state index in [1.165, 1.54) is 13.0 Å². The van der Waals surface area contributed by atoms with Crippen LogP contribution in [0.5, 0.6) is 11.5 Å². The van der Waals surface area contributed by atoms with E-state index in [0.29, 0.717) is 11.4 Å². The van der Waals surface area contributed by atoms with Gasteiger partial charge in [0, 0.05) is 6.92 Å². The number of hydrogen-bond acceptors (Lipinski definition) is 3. The van der Waals surface area contributed by atoms with Crippen molar-refractivity contribution < 1.29 is 19.4 Å². The summed E-state index contributed by atoms with van der Waals surface area (Å²) in [5.41, 5.74) is 1.46. The minimum Gasteiger partial charge on any atom is -0.478 e. The lowest BCUT2D eigenvalue weighted by atomic mass is 9.87. The molecule has 0 spiro atoms. The molecule has 2 N–H and O–H groups in total. The van der Waals surface area contributed by atoms with Crippen molar-refractivity contribution in [3.63, 3.8) is 0 Å². The molecular weight excluding hydrogens is 306 g/mol. The fourth-order valence-corrected chi connectivity index (χ4v) is 2.24. The molecule has 0 saturated heterocycles. The maximum Gasteiger partial charge on any atom is 0.339 e. The van der Waals surface area contributed by atoms with Crippen molar-refractivity contribution in [1.29, 1.82) is 0 Å². The first-order valence-electron chi connectivity index (χ1n) is 7.61. The number of carbonyl (C=O) groups is 2. The highest BCUT2D eigenvalue weighted by Crippen LogP contribution is 2.34. The Morgan fingerprint density at radius 1 is 1.04 bits per heavy atom. The highest BCUT2D eigenvalue weighted by Gasteiger charge is 2.18. The van der Waals surface area contributed by atoms with Gasteiger partial charge in [0.05, 0.1) is 5.69 Å².